The number of nitrogens with zero attached hydrogens (tertiary/aromatic N) is 2. The molecule has 0 radical (unpaired) electrons. The summed E-state index contributed by atoms with van der Waals surface area (Å²) in [5.74, 6) is -3.73. The van der Waals surface area contributed by atoms with Crippen LogP contribution in [0.15, 0.2) is 23.1 Å². The average molecular weight is 374 g/mol. The van der Waals surface area contributed by atoms with Gasteiger partial charge in [-0.3, -0.25) is 9.59 Å². The van der Waals surface area contributed by atoms with Gasteiger partial charge in [0.15, 0.2) is 0 Å². The zero-order chi connectivity index (χ0) is 18.4. The fraction of sp³-hybridized carbons (Fsp3) is 0.467. The highest BCUT2D eigenvalue weighted by atomic mass is 32.2. The summed E-state index contributed by atoms with van der Waals surface area (Å²) in [6, 6.07) is 2.22. The number of hydrogen-bond donors (Lipinski definition) is 1. The number of aliphatic carboxylic acids is 1. The van der Waals surface area contributed by atoms with E-state index in [0.717, 1.165) is 16.4 Å². The van der Waals surface area contributed by atoms with Crippen molar-refractivity contribution in [2.24, 2.45) is 5.41 Å². The first-order valence-corrected chi connectivity index (χ1v) is 9.10. The van der Waals surface area contributed by atoms with Crippen LogP contribution in [0.3, 0.4) is 0 Å². The van der Waals surface area contributed by atoms with Crippen molar-refractivity contribution >= 4 is 21.9 Å². The molecule has 3 rings (SSSR count). The first kappa shape index (κ1) is 17.7. The van der Waals surface area contributed by atoms with Gasteiger partial charge in [-0.25, -0.2) is 17.2 Å². The van der Waals surface area contributed by atoms with Crippen LogP contribution in [0.4, 0.5) is 8.78 Å². The van der Waals surface area contributed by atoms with E-state index in [-0.39, 0.29) is 39.0 Å². The summed E-state index contributed by atoms with van der Waals surface area (Å²) in [6.45, 7) is -0.118. The molecule has 0 spiro atoms. The van der Waals surface area contributed by atoms with Crippen LogP contribution in [0.25, 0.3) is 0 Å². The Hall–Kier alpha value is -2.07. The van der Waals surface area contributed by atoms with Crippen molar-refractivity contribution in [3.63, 3.8) is 0 Å². The molecule has 10 heteroatoms. The molecular formula is C15H16F2N2O5S. The van der Waals surface area contributed by atoms with Gasteiger partial charge < -0.3 is 10.0 Å². The first-order chi connectivity index (χ1) is 11.7. The molecule has 1 saturated carbocycles. The summed E-state index contributed by atoms with van der Waals surface area (Å²) >= 11 is 0. The highest BCUT2D eigenvalue weighted by Gasteiger charge is 2.58. The van der Waals surface area contributed by atoms with Gasteiger partial charge in [-0.15, -0.1) is 0 Å². The minimum Gasteiger partial charge on any atom is -0.480 e. The molecule has 1 aliphatic carbocycles. The summed E-state index contributed by atoms with van der Waals surface area (Å²) in [7, 11) is -4.16. The highest BCUT2D eigenvalue weighted by molar-refractivity contribution is 7.89. The monoisotopic (exact) mass is 374 g/mol. The summed E-state index contributed by atoms with van der Waals surface area (Å²) in [6.07, 6.45) is 0.556. The van der Waals surface area contributed by atoms with E-state index in [1.807, 2.05) is 0 Å². The molecule has 1 aromatic carbocycles. The molecule has 1 N–H and O–H groups in total. The molecule has 1 aromatic rings. The van der Waals surface area contributed by atoms with Crippen LogP contribution >= 0.6 is 0 Å². The van der Waals surface area contributed by atoms with E-state index in [4.69, 9.17) is 5.11 Å². The molecule has 0 aromatic heterocycles. The van der Waals surface area contributed by atoms with Crippen LogP contribution in [0.5, 0.6) is 0 Å². The van der Waals surface area contributed by atoms with E-state index < -0.39 is 43.8 Å². The van der Waals surface area contributed by atoms with Gasteiger partial charge in [0.25, 0.3) is 0 Å². The molecule has 1 saturated heterocycles. The number of carboxylic acids is 1. The van der Waals surface area contributed by atoms with Crippen molar-refractivity contribution in [2.45, 2.75) is 17.7 Å². The number of carbonyl (C=O) groups excluding carboxylic acids is 1. The van der Waals surface area contributed by atoms with Gasteiger partial charge in [-0.05, 0) is 25.0 Å². The molecule has 0 bridgehead atoms. The smallest absolute Gasteiger partial charge is 0.319 e. The Kier molecular flexibility index (Phi) is 4.28. The Bertz CT molecular complexity index is 830. The normalized spacial score (nSPS) is 20.3. The van der Waals surface area contributed by atoms with Crippen LogP contribution in [0, 0.1) is 17.0 Å². The number of carboxylic acid groups (broad SMARTS) is 1. The predicted octanol–water partition coefficient (Wildman–Crippen LogP) is 0.662. The maximum absolute atomic E-state index is 13.8. The van der Waals surface area contributed by atoms with Crippen molar-refractivity contribution in [2.75, 3.05) is 26.2 Å². The second kappa shape index (κ2) is 6.03. The minimum absolute atomic E-state index is 0.0237. The fourth-order valence-electron chi connectivity index (χ4n) is 2.90. The van der Waals surface area contributed by atoms with Crippen molar-refractivity contribution in [1.82, 2.24) is 9.21 Å². The number of hydrogen-bond acceptors (Lipinski definition) is 4. The molecule has 1 aliphatic heterocycles. The third kappa shape index (κ3) is 2.99. The van der Waals surface area contributed by atoms with Crippen LogP contribution in [-0.2, 0) is 19.6 Å². The summed E-state index contributed by atoms with van der Waals surface area (Å²) in [5, 5.41) is 9.16. The number of rotatable bonds is 4. The zero-order valence-corrected chi connectivity index (χ0v) is 13.9. The number of carbonyl (C=O) groups is 2. The van der Waals surface area contributed by atoms with E-state index in [0.29, 0.717) is 6.07 Å². The summed E-state index contributed by atoms with van der Waals surface area (Å²) < 4.78 is 52.7. The molecule has 0 atom stereocenters. The maximum Gasteiger partial charge on any atom is 0.319 e. The third-order valence-corrected chi connectivity index (χ3v) is 6.54. The zero-order valence-electron chi connectivity index (χ0n) is 13.1. The summed E-state index contributed by atoms with van der Waals surface area (Å²) in [4.78, 5) is 24.2. The van der Waals surface area contributed by atoms with Crippen molar-refractivity contribution in [3.05, 3.63) is 29.8 Å². The lowest BCUT2D eigenvalue weighted by atomic mass is 10.1. The molecule has 136 valence electrons. The largest absolute Gasteiger partial charge is 0.480 e. The van der Waals surface area contributed by atoms with E-state index in [9.17, 15) is 26.8 Å². The Morgan fingerprint density at radius 2 is 1.68 bits per heavy atom. The topological polar surface area (TPSA) is 95.0 Å². The summed E-state index contributed by atoms with van der Waals surface area (Å²) in [5.41, 5.74) is -1.37. The van der Waals surface area contributed by atoms with Crippen molar-refractivity contribution in [1.29, 1.82) is 0 Å². The highest BCUT2D eigenvalue weighted by Crippen LogP contribution is 2.47. The number of piperazine rings is 1. The van der Waals surface area contributed by atoms with Gasteiger partial charge >= 0.3 is 5.97 Å². The van der Waals surface area contributed by atoms with Crippen molar-refractivity contribution < 1.29 is 31.9 Å². The first-order valence-electron chi connectivity index (χ1n) is 7.66. The average Bonchev–Trinajstić information content (AvgIpc) is 3.36. The van der Waals surface area contributed by atoms with Crippen LogP contribution < -0.4 is 0 Å². The molecule has 25 heavy (non-hydrogen) atoms. The lowest BCUT2D eigenvalue weighted by Crippen LogP contribution is -2.53. The Labute approximate surface area is 142 Å². The number of amides is 1. The van der Waals surface area contributed by atoms with Crippen LogP contribution in [0.2, 0.25) is 0 Å². The van der Waals surface area contributed by atoms with Crippen molar-refractivity contribution in [3.8, 4) is 0 Å². The van der Waals surface area contributed by atoms with Crippen LogP contribution in [0.1, 0.15) is 12.8 Å². The molecule has 1 amide bonds. The third-order valence-electron chi connectivity index (χ3n) is 4.61. The predicted molar refractivity (Wildman–Crippen MR) is 81.0 cm³/mol. The molecule has 0 unspecified atom stereocenters. The number of sulfonamides is 1. The lowest BCUT2D eigenvalue weighted by Gasteiger charge is -2.35. The fourth-order valence-corrected chi connectivity index (χ4v) is 4.37. The van der Waals surface area contributed by atoms with Gasteiger partial charge in [0.1, 0.15) is 21.9 Å². The Morgan fingerprint density at radius 1 is 1.08 bits per heavy atom. The minimum atomic E-state index is -4.16. The number of benzene rings is 1. The van der Waals surface area contributed by atoms with Gasteiger partial charge in [0.2, 0.25) is 15.9 Å². The van der Waals surface area contributed by atoms with E-state index >= 15 is 0 Å². The Balaban J connectivity index is 1.72. The van der Waals surface area contributed by atoms with Gasteiger partial charge in [0.05, 0.1) is 0 Å². The quantitative estimate of drug-likeness (QED) is 0.782. The second-order valence-corrected chi connectivity index (χ2v) is 8.06. The Morgan fingerprint density at radius 3 is 2.16 bits per heavy atom. The maximum atomic E-state index is 13.8. The van der Waals surface area contributed by atoms with Crippen LogP contribution in [-0.4, -0.2) is 60.8 Å². The van der Waals surface area contributed by atoms with E-state index in [1.54, 1.807) is 0 Å². The molecule has 2 fully saturated rings. The molecular weight excluding hydrogens is 358 g/mol. The molecule has 7 nitrogen and oxygen atoms in total. The second-order valence-electron chi connectivity index (χ2n) is 6.16. The van der Waals surface area contributed by atoms with E-state index in [2.05, 4.69) is 0 Å². The molecule has 2 aliphatic rings. The number of halogens is 2. The SMILES string of the molecule is O=C(O)C1(C(=O)N2CCN(S(=O)(=O)c3ccc(F)cc3F)CC2)CC1. The lowest BCUT2D eigenvalue weighted by molar-refractivity contribution is -0.154. The van der Waals surface area contributed by atoms with Gasteiger partial charge in [-0.2, -0.15) is 4.31 Å². The van der Waals surface area contributed by atoms with Gasteiger partial charge in [-0.1, -0.05) is 0 Å². The van der Waals surface area contributed by atoms with Gasteiger partial charge in [0, 0.05) is 32.2 Å². The standard InChI is InChI=1S/C15H16F2N2O5S/c16-10-1-2-12(11(17)9-10)25(23,24)19-7-5-18(6-8-19)13(20)15(3-4-15)14(21)22/h1-2,9H,3-8H2,(H,21,22). The van der Waals surface area contributed by atoms with E-state index in [1.165, 1.54) is 4.90 Å². The molecule has 1 heterocycles.